The minimum absolute atomic E-state index is 0.161. The molecule has 178 valence electrons. The van der Waals surface area contributed by atoms with E-state index in [-0.39, 0.29) is 11.9 Å². The van der Waals surface area contributed by atoms with Gasteiger partial charge in [0.2, 0.25) is 0 Å². The average Bonchev–Trinajstić information content (AvgIpc) is 2.67. The molecule has 0 radical (unpaired) electrons. The van der Waals surface area contributed by atoms with Crippen molar-refractivity contribution in [2.75, 3.05) is 13.2 Å². The fraction of sp³-hybridized carbons (Fsp3) is 0.917. The van der Waals surface area contributed by atoms with Gasteiger partial charge in [-0.05, 0) is 67.2 Å². The highest BCUT2D eigenvalue weighted by Crippen LogP contribution is 2.27. The van der Waals surface area contributed by atoms with Gasteiger partial charge in [0, 0.05) is 0 Å². The average molecular weight is 431 g/mol. The lowest BCUT2D eigenvalue weighted by atomic mass is 9.86. The number of aliphatic hydroxyl groups excluding tert-OH is 2. The Morgan fingerprint density at radius 1 is 0.667 bits per heavy atom. The molecule has 2 N–H and O–H groups in total. The highest BCUT2D eigenvalue weighted by atomic mass is 16.5. The SMILES string of the molecule is CCOC(=O)C(C)(C)CCCCC[C@@H](O)[C@H](O)CCCCCC(C)(C)C(=O)OCC. The predicted octanol–water partition coefficient (Wildman–Crippen LogP) is 4.79. The third kappa shape index (κ3) is 11.9. The summed E-state index contributed by atoms with van der Waals surface area (Å²) in [6.45, 7) is 12.0. The number of unbranched alkanes of at least 4 members (excludes halogenated alkanes) is 4. The Balaban J connectivity index is 3.91. The molecule has 0 aliphatic rings. The maximum atomic E-state index is 11.9. The van der Waals surface area contributed by atoms with E-state index in [9.17, 15) is 19.8 Å². The van der Waals surface area contributed by atoms with Gasteiger partial charge in [0.05, 0.1) is 36.3 Å². The summed E-state index contributed by atoms with van der Waals surface area (Å²) in [5.74, 6) is -0.322. The Bertz CT molecular complexity index is 442. The van der Waals surface area contributed by atoms with Crippen molar-refractivity contribution in [3.8, 4) is 0 Å². The third-order valence-corrected chi connectivity index (χ3v) is 5.70. The molecule has 6 nitrogen and oxygen atoms in total. The van der Waals surface area contributed by atoms with E-state index in [0.29, 0.717) is 26.1 Å². The molecule has 0 aromatic heterocycles. The van der Waals surface area contributed by atoms with E-state index < -0.39 is 23.0 Å². The molecule has 0 saturated carbocycles. The van der Waals surface area contributed by atoms with Crippen LogP contribution in [0.15, 0.2) is 0 Å². The van der Waals surface area contributed by atoms with E-state index in [1.54, 1.807) is 0 Å². The van der Waals surface area contributed by atoms with Crippen molar-refractivity contribution in [1.82, 2.24) is 0 Å². The number of hydrogen-bond donors (Lipinski definition) is 2. The van der Waals surface area contributed by atoms with Crippen molar-refractivity contribution in [2.24, 2.45) is 10.8 Å². The first-order valence-corrected chi connectivity index (χ1v) is 11.7. The lowest BCUT2D eigenvalue weighted by molar-refractivity contribution is -0.154. The summed E-state index contributed by atoms with van der Waals surface area (Å²) >= 11 is 0. The molecule has 0 heterocycles. The van der Waals surface area contributed by atoms with Crippen molar-refractivity contribution in [3.63, 3.8) is 0 Å². The third-order valence-electron chi connectivity index (χ3n) is 5.70. The summed E-state index contributed by atoms with van der Waals surface area (Å²) < 4.78 is 10.2. The van der Waals surface area contributed by atoms with Crippen molar-refractivity contribution >= 4 is 11.9 Å². The number of carbonyl (C=O) groups excluding carboxylic acids is 2. The summed E-state index contributed by atoms with van der Waals surface area (Å²) in [5.41, 5.74) is -0.952. The Morgan fingerprint density at radius 3 is 1.30 bits per heavy atom. The van der Waals surface area contributed by atoms with Crippen molar-refractivity contribution in [3.05, 3.63) is 0 Å². The van der Waals surface area contributed by atoms with Crippen LogP contribution >= 0.6 is 0 Å². The Morgan fingerprint density at radius 2 is 1.00 bits per heavy atom. The van der Waals surface area contributed by atoms with Gasteiger partial charge in [0.15, 0.2) is 0 Å². The smallest absolute Gasteiger partial charge is 0.311 e. The lowest BCUT2D eigenvalue weighted by Gasteiger charge is -2.23. The molecule has 0 fully saturated rings. The molecule has 6 heteroatoms. The Labute approximate surface area is 183 Å². The molecule has 0 spiro atoms. The van der Waals surface area contributed by atoms with Crippen LogP contribution in [0.5, 0.6) is 0 Å². The maximum absolute atomic E-state index is 11.9. The zero-order valence-corrected chi connectivity index (χ0v) is 20.2. The molecule has 0 rings (SSSR count). The molecule has 0 saturated heterocycles. The van der Waals surface area contributed by atoms with Gasteiger partial charge < -0.3 is 19.7 Å². The minimum atomic E-state index is -0.709. The van der Waals surface area contributed by atoms with Gasteiger partial charge in [-0.3, -0.25) is 9.59 Å². The van der Waals surface area contributed by atoms with Crippen LogP contribution < -0.4 is 0 Å². The largest absolute Gasteiger partial charge is 0.466 e. The standard InChI is InChI=1S/C24H46O6/c1-7-29-21(27)23(3,4)17-13-9-11-15-19(25)20(26)16-12-10-14-18-24(5,6)22(28)30-8-2/h19-20,25-26H,7-18H2,1-6H3/t19-,20-/m1/s1. The number of aliphatic hydroxyl groups is 2. The monoisotopic (exact) mass is 430 g/mol. The van der Waals surface area contributed by atoms with Gasteiger partial charge in [0.1, 0.15) is 0 Å². The second-order valence-electron chi connectivity index (χ2n) is 9.54. The second-order valence-corrected chi connectivity index (χ2v) is 9.54. The summed E-state index contributed by atoms with van der Waals surface area (Å²) in [5, 5.41) is 20.3. The van der Waals surface area contributed by atoms with Crippen molar-refractivity contribution in [1.29, 1.82) is 0 Å². The van der Waals surface area contributed by atoms with E-state index >= 15 is 0 Å². The first-order valence-electron chi connectivity index (χ1n) is 11.7. The molecular weight excluding hydrogens is 384 g/mol. The topological polar surface area (TPSA) is 93.1 Å². The van der Waals surface area contributed by atoms with Gasteiger partial charge >= 0.3 is 11.9 Å². The Hall–Kier alpha value is -1.14. The second kappa shape index (κ2) is 14.8. The number of ether oxygens (including phenoxy) is 2. The van der Waals surface area contributed by atoms with E-state index in [4.69, 9.17) is 9.47 Å². The molecule has 0 aliphatic heterocycles. The molecule has 2 atom stereocenters. The minimum Gasteiger partial charge on any atom is -0.466 e. The summed E-state index contributed by atoms with van der Waals surface area (Å²) in [6.07, 6.45) is 6.49. The molecule has 0 unspecified atom stereocenters. The lowest BCUT2D eigenvalue weighted by Crippen LogP contribution is -2.27. The zero-order chi connectivity index (χ0) is 23.2. The number of esters is 2. The van der Waals surface area contributed by atoms with Crippen LogP contribution in [-0.2, 0) is 19.1 Å². The van der Waals surface area contributed by atoms with Gasteiger partial charge in [-0.15, -0.1) is 0 Å². The Kier molecular flexibility index (Phi) is 14.2. The van der Waals surface area contributed by atoms with Crippen LogP contribution in [0.4, 0.5) is 0 Å². The molecule has 0 aromatic rings. The van der Waals surface area contributed by atoms with Gasteiger partial charge in [-0.25, -0.2) is 0 Å². The molecule has 30 heavy (non-hydrogen) atoms. The predicted molar refractivity (Wildman–Crippen MR) is 119 cm³/mol. The fourth-order valence-corrected chi connectivity index (χ4v) is 3.44. The van der Waals surface area contributed by atoms with Gasteiger partial charge in [-0.2, -0.15) is 0 Å². The first kappa shape index (κ1) is 28.9. The molecule has 0 aromatic carbocycles. The van der Waals surface area contributed by atoms with E-state index in [2.05, 4.69) is 0 Å². The first-order chi connectivity index (χ1) is 14.0. The van der Waals surface area contributed by atoms with Crippen LogP contribution in [0.2, 0.25) is 0 Å². The summed E-state index contributed by atoms with van der Waals surface area (Å²) in [6, 6.07) is 0. The fourth-order valence-electron chi connectivity index (χ4n) is 3.44. The number of hydrogen-bond acceptors (Lipinski definition) is 6. The van der Waals surface area contributed by atoms with Crippen LogP contribution in [0.1, 0.15) is 106 Å². The van der Waals surface area contributed by atoms with E-state index in [1.807, 2.05) is 41.5 Å². The van der Waals surface area contributed by atoms with Crippen LogP contribution in [0.3, 0.4) is 0 Å². The zero-order valence-electron chi connectivity index (χ0n) is 20.2. The molecule has 0 aliphatic carbocycles. The van der Waals surface area contributed by atoms with Crippen molar-refractivity contribution < 1.29 is 29.3 Å². The van der Waals surface area contributed by atoms with E-state index in [0.717, 1.165) is 51.4 Å². The maximum Gasteiger partial charge on any atom is 0.311 e. The quantitative estimate of drug-likeness (QED) is 0.255. The molecule has 0 amide bonds. The highest BCUT2D eigenvalue weighted by molar-refractivity contribution is 5.76. The molecular formula is C24H46O6. The highest BCUT2D eigenvalue weighted by Gasteiger charge is 2.29. The summed E-state index contributed by atoms with van der Waals surface area (Å²) in [4.78, 5) is 23.7. The van der Waals surface area contributed by atoms with Gasteiger partial charge in [-0.1, -0.05) is 38.5 Å². The molecule has 0 bridgehead atoms. The van der Waals surface area contributed by atoms with Gasteiger partial charge in [0.25, 0.3) is 0 Å². The van der Waals surface area contributed by atoms with Crippen LogP contribution in [-0.4, -0.2) is 47.6 Å². The number of carbonyl (C=O) groups is 2. The van der Waals surface area contributed by atoms with Crippen molar-refractivity contribution in [2.45, 2.75) is 118 Å². The van der Waals surface area contributed by atoms with Crippen LogP contribution in [0, 0.1) is 10.8 Å². The van der Waals surface area contributed by atoms with E-state index in [1.165, 1.54) is 0 Å². The number of rotatable bonds is 17. The summed E-state index contributed by atoms with van der Waals surface area (Å²) in [7, 11) is 0. The van der Waals surface area contributed by atoms with Crippen LogP contribution in [0.25, 0.3) is 0 Å². The normalized spacial score (nSPS) is 14.3.